The third kappa shape index (κ3) is 13.0. The maximum atomic E-state index is 11.0. The summed E-state index contributed by atoms with van der Waals surface area (Å²) in [6.45, 7) is 0. The first-order valence-electron chi connectivity index (χ1n) is 14.2. The highest BCUT2D eigenvalue weighted by Gasteiger charge is 2.12. The van der Waals surface area contributed by atoms with Gasteiger partial charge in [0.1, 0.15) is 0 Å². The molecule has 0 atom stereocenters. The van der Waals surface area contributed by atoms with Crippen LogP contribution in [0.25, 0.3) is 0 Å². The van der Waals surface area contributed by atoms with Crippen molar-refractivity contribution in [2.24, 2.45) is 0 Å². The Hall–Kier alpha value is -5.76. The molecule has 0 radical (unpaired) electrons. The Labute approximate surface area is 332 Å². The molecule has 6 rings (SSSR count). The second kappa shape index (κ2) is 19.4. The lowest BCUT2D eigenvalue weighted by atomic mass is 10.2. The van der Waals surface area contributed by atoms with Crippen molar-refractivity contribution in [2.75, 3.05) is 16.0 Å². The quantitative estimate of drug-likeness (QED) is 0.0808. The van der Waals surface area contributed by atoms with Gasteiger partial charge in [0.05, 0.1) is 22.4 Å². The van der Waals surface area contributed by atoms with E-state index in [9.17, 15) is 14.4 Å². The number of nitrogens with zero attached hydrogens (tertiary/aromatic N) is 9. The number of carboxylic acids is 3. The van der Waals surface area contributed by atoms with Crippen LogP contribution in [0.4, 0.5) is 34.9 Å². The lowest BCUT2D eigenvalue weighted by molar-refractivity contribution is 0.0686. The minimum atomic E-state index is -1.07. The van der Waals surface area contributed by atoms with E-state index in [1.165, 1.54) is 30.3 Å². The van der Waals surface area contributed by atoms with Crippen LogP contribution in [0.3, 0.4) is 0 Å². The maximum Gasteiger partial charge on any atom is 0.337 e. The monoisotopic (exact) mass is 852 g/mol. The van der Waals surface area contributed by atoms with Crippen LogP contribution in [0.5, 0.6) is 0 Å². The zero-order valence-corrected chi connectivity index (χ0v) is 30.8. The lowest BCUT2D eigenvalue weighted by Crippen LogP contribution is -2.05. The molecule has 6 N–H and O–H groups in total. The van der Waals surface area contributed by atoms with E-state index < -0.39 is 17.9 Å². The van der Waals surface area contributed by atoms with Gasteiger partial charge in [-0.15, -0.1) is 0 Å². The molecule has 0 fully saturated rings. The molecule has 3 heterocycles. The third-order valence-corrected chi connectivity index (χ3v) is 6.91. The van der Waals surface area contributed by atoms with Gasteiger partial charge in [0.25, 0.3) is 0 Å². The number of carbonyl (C=O) groups is 3. The number of rotatable bonds is 9. The number of nitrogens with one attached hydrogen (secondary N) is 3. The summed E-state index contributed by atoms with van der Waals surface area (Å²) in [4.78, 5) is 66.1. The number of para-hydroxylation sites is 1. The van der Waals surface area contributed by atoms with Gasteiger partial charge in [0.2, 0.25) is 49.5 Å². The molecule has 0 bridgehead atoms. The predicted molar refractivity (Wildman–Crippen MR) is 200 cm³/mol. The van der Waals surface area contributed by atoms with Crippen molar-refractivity contribution in [1.29, 1.82) is 0 Å². The molecule has 276 valence electrons. The largest absolute Gasteiger partial charge is 0.478 e. The van der Waals surface area contributed by atoms with Gasteiger partial charge < -0.3 is 31.3 Å². The van der Waals surface area contributed by atoms with Crippen molar-refractivity contribution in [3.63, 3.8) is 0 Å². The van der Waals surface area contributed by atoms with E-state index in [-0.39, 0.29) is 66.2 Å². The molecule has 0 aliphatic heterocycles. The van der Waals surface area contributed by atoms with Crippen molar-refractivity contribution in [1.82, 2.24) is 44.9 Å². The number of aromatic nitrogens is 9. The Balaban J connectivity index is 0.000000180. The van der Waals surface area contributed by atoms with Crippen LogP contribution in [-0.4, -0.2) is 78.1 Å². The minimum absolute atomic E-state index is 0.0281. The van der Waals surface area contributed by atoms with Crippen LogP contribution >= 0.6 is 69.6 Å². The summed E-state index contributed by atoms with van der Waals surface area (Å²) in [5.41, 5.74) is 1.87. The number of benzene rings is 3. The number of anilines is 6. The van der Waals surface area contributed by atoms with Crippen molar-refractivity contribution in [2.45, 2.75) is 0 Å². The van der Waals surface area contributed by atoms with Crippen LogP contribution in [0, 0.1) is 0 Å². The molecule has 0 saturated carbocycles. The molecule has 54 heavy (non-hydrogen) atoms. The first kappa shape index (κ1) is 41.0. The standard InChI is InChI=1S/3C10H6Cl2N4O2/c11-8-14-9(12)16-10(15-8)13-6-3-1-5(2-4-6)7(17)18;11-8-14-9(12)16-10(15-8)13-6-3-1-2-5(4-6)7(17)18;11-8-14-9(12)16-10(15-8)13-6-4-2-1-3-5(6)7(17)18/h3*1-4H,(H,17,18)(H,13,14,15,16). The molecular weight excluding hydrogens is 837 g/mol. The Bertz CT molecular complexity index is 2250. The molecule has 3 aromatic heterocycles. The van der Waals surface area contributed by atoms with Gasteiger partial charge in [0, 0.05) is 11.4 Å². The average molecular weight is 855 g/mol. The van der Waals surface area contributed by atoms with Gasteiger partial charge in [0.15, 0.2) is 0 Å². The van der Waals surface area contributed by atoms with E-state index >= 15 is 0 Å². The summed E-state index contributed by atoms with van der Waals surface area (Å²) in [5, 5.41) is 34.6. The maximum absolute atomic E-state index is 11.0. The molecule has 24 heteroatoms. The zero-order valence-electron chi connectivity index (χ0n) is 26.3. The highest BCUT2D eigenvalue weighted by molar-refractivity contribution is 6.32. The van der Waals surface area contributed by atoms with Crippen molar-refractivity contribution in [3.8, 4) is 0 Å². The van der Waals surface area contributed by atoms with Crippen LogP contribution in [-0.2, 0) is 0 Å². The number of carboxylic acid groups (broad SMARTS) is 3. The molecule has 0 aliphatic rings. The fraction of sp³-hybridized carbons (Fsp3) is 0. The summed E-state index contributed by atoms with van der Waals surface area (Å²) in [6.07, 6.45) is 0. The van der Waals surface area contributed by atoms with Gasteiger partial charge in [-0.1, -0.05) is 18.2 Å². The number of aromatic carboxylic acids is 3. The number of hydrogen-bond acceptors (Lipinski definition) is 15. The lowest BCUT2D eigenvalue weighted by Gasteiger charge is -2.07. The zero-order chi connectivity index (χ0) is 39.4. The van der Waals surface area contributed by atoms with E-state index in [0.717, 1.165) is 0 Å². The molecule has 0 unspecified atom stereocenters. The van der Waals surface area contributed by atoms with Gasteiger partial charge >= 0.3 is 17.9 Å². The van der Waals surface area contributed by atoms with Crippen LogP contribution in [0.15, 0.2) is 72.8 Å². The third-order valence-electron chi connectivity index (χ3n) is 5.90. The Morgan fingerprint density at radius 3 is 1.30 bits per heavy atom. The van der Waals surface area contributed by atoms with E-state index in [0.29, 0.717) is 17.1 Å². The molecule has 3 aromatic carbocycles. The molecule has 0 amide bonds. The van der Waals surface area contributed by atoms with Crippen LogP contribution < -0.4 is 16.0 Å². The van der Waals surface area contributed by atoms with Gasteiger partial charge in [-0.2, -0.15) is 44.9 Å². The molecule has 0 spiro atoms. The summed E-state index contributed by atoms with van der Waals surface area (Å²) < 4.78 is 0. The topological polar surface area (TPSA) is 264 Å². The van der Waals surface area contributed by atoms with E-state index in [2.05, 4.69) is 60.8 Å². The fourth-order valence-electron chi connectivity index (χ4n) is 3.73. The molecular formula is C30H18Cl6N12O6. The summed E-state index contributed by atoms with van der Waals surface area (Å²) in [7, 11) is 0. The smallest absolute Gasteiger partial charge is 0.337 e. The average Bonchev–Trinajstić information content (AvgIpc) is 3.08. The second-order valence-electron chi connectivity index (χ2n) is 9.59. The Kier molecular flexibility index (Phi) is 14.7. The summed E-state index contributed by atoms with van der Waals surface area (Å²) >= 11 is 33.7. The van der Waals surface area contributed by atoms with Crippen LogP contribution in [0.1, 0.15) is 31.1 Å². The normalized spacial score (nSPS) is 10.1. The first-order valence-corrected chi connectivity index (χ1v) is 16.4. The summed E-state index contributed by atoms with van der Waals surface area (Å²) in [5.74, 6) is -2.68. The highest BCUT2D eigenvalue weighted by Crippen LogP contribution is 2.21. The second-order valence-corrected chi connectivity index (χ2v) is 11.6. The first-order chi connectivity index (χ1) is 25.6. The Morgan fingerprint density at radius 2 is 0.852 bits per heavy atom. The minimum Gasteiger partial charge on any atom is -0.478 e. The van der Waals surface area contributed by atoms with Gasteiger partial charge in [-0.3, -0.25) is 0 Å². The number of halogens is 6. The molecule has 0 aliphatic carbocycles. The highest BCUT2D eigenvalue weighted by atomic mass is 35.5. The van der Waals surface area contributed by atoms with Crippen molar-refractivity contribution in [3.05, 3.63) is 121 Å². The van der Waals surface area contributed by atoms with Crippen LogP contribution in [0.2, 0.25) is 31.7 Å². The SMILES string of the molecule is O=C(O)c1ccc(Nc2nc(Cl)nc(Cl)n2)cc1.O=C(O)c1cccc(Nc2nc(Cl)nc(Cl)n2)c1.O=C(O)c1ccccc1Nc1nc(Cl)nc(Cl)n1. The predicted octanol–water partition coefficient (Wildman–Crippen LogP) is 7.86. The van der Waals surface area contributed by atoms with Gasteiger partial charge in [-0.05, 0) is 124 Å². The number of hydrogen-bond donors (Lipinski definition) is 6. The summed E-state index contributed by atoms with van der Waals surface area (Å²) in [6, 6.07) is 18.6. The molecule has 6 aromatic rings. The van der Waals surface area contributed by atoms with E-state index in [1.54, 1.807) is 42.5 Å². The van der Waals surface area contributed by atoms with E-state index in [4.69, 9.17) is 84.9 Å². The fourth-order valence-corrected chi connectivity index (χ4v) is 4.82. The van der Waals surface area contributed by atoms with Gasteiger partial charge in [-0.25, -0.2) is 14.4 Å². The molecule has 18 nitrogen and oxygen atoms in total. The van der Waals surface area contributed by atoms with Crippen molar-refractivity contribution < 1.29 is 29.7 Å². The van der Waals surface area contributed by atoms with E-state index in [1.807, 2.05) is 0 Å². The molecule has 0 saturated heterocycles. The van der Waals surface area contributed by atoms with Crippen molar-refractivity contribution >= 4 is 122 Å². The Morgan fingerprint density at radius 1 is 0.426 bits per heavy atom.